The van der Waals surface area contributed by atoms with E-state index >= 15 is 0 Å². The van der Waals surface area contributed by atoms with E-state index in [0.29, 0.717) is 18.4 Å². The van der Waals surface area contributed by atoms with Crippen molar-refractivity contribution in [3.63, 3.8) is 0 Å². The molecule has 0 aliphatic heterocycles. The average molecular weight is 300 g/mol. The maximum absolute atomic E-state index is 11.7. The van der Waals surface area contributed by atoms with Crippen molar-refractivity contribution in [2.24, 2.45) is 11.8 Å². The van der Waals surface area contributed by atoms with E-state index < -0.39 is 24.0 Å². The third kappa shape index (κ3) is 6.46. The van der Waals surface area contributed by atoms with E-state index in [4.69, 9.17) is 10.2 Å². The van der Waals surface area contributed by atoms with Gasteiger partial charge in [0.25, 0.3) is 0 Å². The van der Waals surface area contributed by atoms with Crippen LogP contribution >= 0.6 is 0 Å². The summed E-state index contributed by atoms with van der Waals surface area (Å²) in [5.74, 6) is -1.09. The van der Waals surface area contributed by atoms with Gasteiger partial charge in [0, 0.05) is 13.0 Å². The maximum atomic E-state index is 11.7. The molecule has 1 fully saturated rings. The van der Waals surface area contributed by atoms with Crippen LogP contribution in [0, 0.1) is 11.8 Å². The zero-order valence-electron chi connectivity index (χ0n) is 12.3. The average Bonchev–Trinajstić information content (AvgIpc) is 2.80. The molecular weight excluding hydrogens is 276 g/mol. The topological polar surface area (TPSA) is 116 Å². The molecular formula is C14H24N2O5. The Bertz CT molecular complexity index is 386. The summed E-state index contributed by atoms with van der Waals surface area (Å²) in [6.45, 7) is 2.71. The van der Waals surface area contributed by atoms with Gasteiger partial charge in [-0.3, -0.25) is 4.79 Å². The van der Waals surface area contributed by atoms with Crippen LogP contribution in [0.25, 0.3) is 0 Å². The zero-order valence-corrected chi connectivity index (χ0v) is 12.3. The molecule has 2 amide bonds. The van der Waals surface area contributed by atoms with E-state index in [1.54, 1.807) is 0 Å². The molecule has 7 nitrogen and oxygen atoms in total. The van der Waals surface area contributed by atoms with Crippen LogP contribution in [0.2, 0.25) is 0 Å². The molecule has 120 valence electrons. The zero-order chi connectivity index (χ0) is 15.8. The molecule has 2 unspecified atom stereocenters. The van der Waals surface area contributed by atoms with Gasteiger partial charge in [0.15, 0.2) is 0 Å². The van der Waals surface area contributed by atoms with Crippen molar-refractivity contribution in [1.29, 1.82) is 0 Å². The number of carbonyl (C=O) groups is 3. The molecule has 1 rings (SSSR count). The molecule has 0 aromatic carbocycles. The predicted molar refractivity (Wildman–Crippen MR) is 76.0 cm³/mol. The Kier molecular flexibility index (Phi) is 6.98. The molecule has 0 heterocycles. The second-order valence-corrected chi connectivity index (χ2v) is 5.70. The van der Waals surface area contributed by atoms with Crippen molar-refractivity contribution in [3.8, 4) is 0 Å². The summed E-state index contributed by atoms with van der Waals surface area (Å²) < 4.78 is 0. The standard InChI is InChI=1S/C14H24N2O5/c1-9-4-2-5-10(9)8-15-14(21)16-11(13(19)20)6-3-7-12(17)18/h9-11H,2-8H2,1H3,(H,17,18)(H,19,20)(H2,15,16,21)/t9?,10?,11-/m1/s1. The van der Waals surface area contributed by atoms with Crippen LogP contribution in [-0.2, 0) is 9.59 Å². The lowest BCUT2D eigenvalue weighted by molar-refractivity contribution is -0.140. The Morgan fingerprint density at radius 1 is 1.24 bits per heavy atom. The number of carbonyl (C=O) groups excluding carboxylic acids is 1. The van der Waals surface area contributed by atoms with Gasteiger partial charge in [0.1, 0.15) is 6.04 Å². The summed E-state index contributed by atoms with van der Waals surface area (Å²) in [5, 5.41) is 22.6. The summed E-state index contributed by atoms with van der Waals surface area (Å²) >= 11 is 0. The highest BCUT2D eigenvalue weighted by atomic mass is 16.4. The minimum absolute atomic E-state index is 0.104. The molecule has 7 heteroatoms. The first kappa shape index (κ1) is 17.3. The Labute approximate surface area is 124 Å². The maximum Gasteiger partial charge on any atom is 0.326 e. The van der Waals surface area contributed by atoms with Gasteiger partial charge in [-0.15, -0.1) is 0 Å². The van der Waals surface area contributed by atoms with Crippen LogP contribution in [0.5, 0.6) is 0 Å². The van der Waals surface area contributed by atoms with Crippen LogP contribution < -0.4 is 10.6 Å². The fourth-order valence-electron chi connectivity index (χ4n) is 2.67. The van der Waals surface area contributed by atoms with E-state index in [1.165, 1.54) is 12.8 Å². The Morgan fingerprint density at radius 2 is 1.95 bits per heavy atom. The quantitative estimate of drug-likeness (QED) is 0.541. The van der Waals surface area contributed by atoms with Crippen molar-refractivity contribution in [3.05, 3.63) is 0 Å². The van der Waals surface area contributed by atoms with Gasteiger partial charge in [-0.2, -0.15) is 0 Å². The molecule has 21 heavy (non-hydrogen) atoms. The number of nitrogens with one attached hydrogen (secondary N) is 2. The number of amides is 2. The number of carboxylic acids is 2. The molecule has 1 aliphatic carbocycles. The monoisotopic (exact) mass is 300 g/mol. The van der Waals surface area contributed by atoms with E-state index in [2.05, 4.69) is 17.6 Å². The van der Waals surface area contributed by atoms with Crippen molar-refractivity contribution < 1.29 is 24.6 Å². The third-order valence-electron chi connectivity index (χ3n) is 4.05. The Balaban J connectivity index is 2.31. The van der Waals surface area contributed by atoms with Crippen LogP contribution in [0.1, 0.15) is 45.4 Å². The Morgan fingerprint density at radius 3 is 2.48 bits per heavy atom. The fourth-order valence-corrected chi connectivity index (χ4v) is 2.67. The largest absolute Gasteiger partial charge is 0.481 e. The van der Waals surface area contributed by atoms with Gasteiger partial charge in [-0.05, 0) is 31.1 Å². The number of carboxylic acid groups (broad SMARTS) is 2. The predicted octanol–water partition coefficient (Wildman–Crippen LogP) is 1.43. The van der Waals surface area contributed by atoms with Crippen LogP contribution in [0.3, 0.4) is 0 Å². The summed E-state index contributed by atoms with van der Waals surface area (Å²) in [5.41, 5.74) is 0. The van der Waals surface area contributed by atoms with Crippen LogP contribution in [0.15, 0.2) is 0 Å². The molecule has 0 radical (unpaired) electrons. The van der Waals surface area contributed by atoms with Gasteiger partial charge in [0.2, 0.25) is 0 Å². The number of urea groups is 1. The van der Waals surface area contributed by atoms with Gasteiger partial charge in [0.05, 0.1) is 0 Å². The molecule has 0 saturated heterocycles. The van der Waals surface area contributed by atoms with Crippen LogP contribution in [-0.4, -0.2) is 40.8 Å². The summed E-state index contributed by atoms with van der Waals surface area (Å²) in [6, 6.07) is -1.55. The molecule has 4 N–H and O–H groups in total. The molecule has 0 bridgehead atoms. The second-order valence-electron chi connectivity index (χ2n) is 5.70. The third-order valence-corrected chi connectivity index (χ3v) is 4.05. The summed E-state index contributed by atoms with van der Waals surface area (Å²) in [7, 11) is 0. The molecule has 1 aliphatic rings. The van der Waals surface area contributed by atoms with E-state index in [0.717, 1.165) is 6.42 Å². The normalized spacial score (nSPS) is 22.5. The number of hydrogen-bond acceptors (Lipinski definition) is 3. The Hall–Kier alpha value is -1.79. The highest BCUT2D eigenvalue weighted by Crippen LogP contribution is 2.30. The fraction of sp³-hybridized carbons (Fsp3) is 0.786. The highest BCUT2D eigenvalue weighted by molar-refractivity contribution is 5.82. The minimum atomic E-state index is -1.15. The molecule has 1 saturated carbocycles. The number of rotatable bonds is 8. The summed E-state index contributed by atoms with van der Waals surface area (Å²) in [4.78, 5) is 33.2. The summed E-state index contributed by atoms with van der Waals surface area (Å²) in [6.07, 6.45) is 3.64. The smallest absolute Gasteiger partial charge is 0.326 e. The van der Waals surface area contributed by atoms with Gasteiger partial charge in [-0.1, -0.05) is 19.8 Å². The van der Waals surface area contributed by atoms with Gasteiger partial charge in [-0.25, -0.2) is 9.59 Å². The van der Waals surface area contributed by atoms with Gasteiger partial charge >= 0.3 is 18.0 Å². The van der Waals surface area contributed by atoms with Crippen molar-refractivity contribution in [1.82, 2.24) is 10.6 Å². The molecule has 0 spiro atoms. The first-order valence-corrected chi connectivity index (χ1v) is 7.39. The van der Waals surface area contributed by atoms with E-state index in [9.17, 15) is 14.4 Å². The lowest BCUT2D eigenvalue weighted by Crippen LogP contribution is -2.47. The van der Waals surface area contributed by atoms with Gasteiger partial charge < -0.3 is 20.8 Å². The highest BCUT2D eigenvalue weighted by Gasteiger charge is 2.24. The lowest BCUT2D eigenvalue weighted by atomic mass is 9.98. The van der Waals surface area contributed by atoms with E-state index in [-0.39, 0.29) is 19.3 Å². The SMILES string of the molecule is CC1CCCC1CNC(=O)N[C@H](CCCC(=O)O)C(=O)O. The van der Waals surface area contributed by atoms with E-state index in [1.807, 2.05) is 0 Å². The number of hydrogen-bond donors (Lipinski definition) is 4. The minimum Gasteiger partial charge on any atom is -0.481 e. The van der Waals surface area contributed by atoms with Crippen molar-refractivity contribution in [2.45, 2.75) is 51.5 Å². The molecule has 0 aromatic heterocycles. The first-order valence-electron chi connectivity index (χ1n) is 7.39. The lowest BCUT2D eigenvalue weighted by Gasteiger charge is -2.18. The first-order chi connectivity index (χ1) is 9.90. The molecule has 0 aromatic rings. The van der Waals surface area contributed by atoms with Crippen LogP contribution in [0.4, 0.5) is 4.79 Å². The van der Waals surface area contributed by atoms with Crippen molar-refractivity contribution >= 4 is 18.0 Å². The second kappa shape index (κ2) is 8.49. The molecule has 3 atom stereocenters. The number of aliphatic carboxylic acids is 2. The van der Waals surface area contributed by atoms with Crippen molar-refractivity contribution in [2.75, 3.05) is 6.54 Å².